The molecular formula is C8H13IN2O2. The molecule has 0 aromatic carbocycles. The van der Waals surface area contributed by atoms with Crippen LogP contribution in [0.3, 0.4) is 0 Å². The first-order chi connectivity index (χ1) is 5.70. The topological polar surface area (TPSA) is 71.8 Å². The van der Waals surface area contributed by atoms with Crippen molar-refractivity contribution < 1.29 is 9.52 Å². The highest BCUT2D eigenvalue weighted by Crippen LogP contribution is 2.12. The molecule has 1 heterocycles. The molecule has 5 heteroatoms. The average molecular weight is 296 g/mol. The van der Waals surface area contributed by atoms with Gasteiger partial charge in [-0.25, -0.2) is 0 Å². The molecule has 0 radical (unpaired) electrons. The van der Waals surface area contributed by atoms with Crippen LogP contribution in [0.1, 0.15) is 18.8 Å². The first-order valence-corrected chi connectivity index (χ1v) is 3.68. The summed E-state index contributed by atoms with van der Waals surface area (Å²) >= 11 is 0. The lowest BCUT2D eigenvalue weighted by atomic mass is 10.3. The van der Waals surface area contributed by atoms with Crippen LogP contribution >= 0.6 is 24.0 Å². The van der Waals surface area contributed by atoms with Gasteiger partial charge < -0.3 is 15.3 Å². The third kappa shape index (κ3) is 4.28. The maximum Gasteiger partial charge on any atom is 0.134 e. The number of nitrogens with two attached hydrogens (primary N) is 1. The van der Waals surface area contributed by atoms with Gasteiger partial charge in [0.1, 0.15) is 11.9 Å². The minimum absolute atomic E-state index is 0. The molecule has 1 aromatic heterocycles. The van der Waals surface area contributed by atoms with Gasteiger partial charge in [0, 0.05) is 0 Å². The summed E-state index contributed by atoms with van der Waals surface area (Å²) in [5.74, 6) is 0.973. The number of hydrogen-bond donors (Lipinski definition) is 2. The maximum atomic E-state index is 9.40. The van der Waals surface area contributed by atoms with Crippen LogP contribution < -0.4 is 5.73 Å². The number of aliphatic hydroxyl groups excluding tert-OH is 1. The standard InChI is InChI=1S/C8H12N2O2.HI/c1-6(9)10-5-7(11)8-3-2-4-12-8;/h2-4,7,11H,5H2,1H3,(H2,9,10);1H. The first-order valence-electron chi connectivity index (χ1n) is 3.68. The predicted octanol–water partition coefficient (Wildman–Crippen LogP) is 1.31. The smallest absolute Gasteiger partial charge is 0.134 e. The molecule has 13 heavy (non-hydrogen) atoms. The minimum atomic E-state index is -0.696. The van der Waals surface area contributed by atoms with E-state index in [1.54, 1.807) is 19.1 Å². The predicted molar refractivity (Wildman–Crippen MR) is 61.2 cm³/mol. The molecule has 0 fully saturated rings. The largest absolute Gasteiger partial charge is 0.467 e. The highest BCUT2D eigenvalue weighted by molar-refractivity contribution is 14.0. The molecular weight excluding hydrogens is 283 g/mol. The Morgan fingerprint density at radius 2 is 2.46 bits per heavy atom. The van der Waals surface area contributed by atoms with Crippen LogP contribution in [0, 0.1) is 0 Å². The van der Waals surface area contributed by atoms with Crippen molar-refractivity contribution in [1.82, 2.24) is 0 Å². The number of aliphatic imine (C=N–C) groups is 1. The molecule has 74 valence electrons. The quantitative estimate of drug-likeness (QED) is 0.502. The Labute approximate surface area is 93.9 Å². The zero-order valence-electron chi connectivity index (χ0n) is 7.30. The molecule has 1 unspecified atom stereocenters. The molecule has 0 amide bonds. The van der Waals surface area contributed by atoms with Crippen LogP contribution in [-0.2, 0) is 0 Å². The second-order valence-corrected chi connectivity index (χ2v) is 2.51. The second-order valence-electron chi connectivity index (χ2n) is 2.51. The molecule has 0 spiro atoms. The first kappa shape index (κ1) is 12.4. The van der Waals surface area contributed by atoms with Gasteiger partial charge in [0.15, 0.2) is 0 Å². The van der Waals surface area contributed by atoms with E-state index in [0.717, 1.165) is 0 Å². The third-order valence-corrected chi connectivity index (χ3v) is 1.39. The van der Waals surface area contributed by atoms with Crippen molar-refractivity contribution in [1.29, 1.82) is 0 Å². The fourth-order valence-corrected chi connectivity index (χ4v) is 0.801. The number of furan rings is 1. The Balaban J connectivity index is 0.00000144. The summed E-state index contributed by atoms with van der Waals surface area (Å²) in [7, 11) is 0. The molecule has 1 rings (SSSR count). The molecule has 0 aliphatic heterocycles. The number of rotatable bonds is 3. The van der Waals surface area contributed by atoms with E-state index in [4.69, 9.17) is 10.2 Å². The van der Waals surface area contributed by atoms with E-state index in [1.165, 1.54) is 6.26 Å². The fourth-order valence-electron chi connectivity index (χ4n) is 0.801. The van der Waals surface area contributed by atoms with Crippen LogP contribution in [0.25, 0.3) is 0 Å². The van der Waals surface area contributed by atoms with Crippen molar-refractivity contribution >= 4 is 29.8 Å². The van der Waals surface area contributed by atoms with E-state index < -0.39 is 6.10 Å². The summed E-state index contributed by atoms with van der Waals surface area (Å²) in [4.78, 5) is 3.86. The lowest BCUT2D eigenvalue weighted by Gasteiger charge is -2.02. The van der Waals surface area contributed by atoms with Crippen LogP contribution in [0.5, 0.6) is 0 Å². The molecule has 0 aliphatic carbocycles. The van der Waals surface area contributed by atoms with Gasteiger partial charge in [-0.2, -0.15) is 0 Å². The van der Waals surface area contributed by atoms with E-state index in [1.807, 2.05) is 0 Å². The van der Waals surface area contributed by atoms with Crippen molar-refractivity contribution in [3.8, 4) is 0 Å². The highest BCUT2D eigenvalue weighted by Gasteiger charge is 2.08. The van der Waals surface area contributed by atoms with Crippen LogP contribution in [0.4, 0.5) is 0 Å². The third-order valence-electron chi connectivity index (χ3n) is 1.39. The van der Waals surface area contributed by atoms with Crippen molar-refractivity contribution in [3.05, 3.63) is 24.2 Å². The Morgan fingerprint density at radius 1 is 1.77 bits per heavy atom. The van der Waals surface area contributed by atoms with Crippen molar-refractivity contribution in [2.45, 2.75) is 13.0 Å². The molecule has 1 atom stereocenters. The number of aliphatic hydroxyl groups is 1. The van der Waals surface area contributed by atoms with Gasteiger partial charge in [-0.15, -0.1) is 24.0 Å². The van der Waals surface area contributed by atoms with Gasteiger partial charge in [0.2, 0.25) is 0 Å². The van der Waals surface area contributed by atoms with E-state index >= 15 is 0 Å². The zero-order chi connectivity index (χ0) is 8.97. The van der Waals surface area contributed by atoms with Crippen LogP contribution in [0.15, 0.2) is 27.8 Å². The summed E-state index contributed by atoms with van der Waals surface area (Å²) in [5, 5.41) is 9.40. The lowest BCUT2D eigenvalue weighted by molar-refractivity contribution is 0.158. The molecule has 0 saturated heterocycles. The van der Waals surface area contributed by atoms with Gasteiger partial charge in [-0.1, -0.05) is 0 Å². The maximum absolute atomic E-state index is 9.40. The van der Waals surface area contributed by atoms with Gasteiger partial charge in [0.25, 0.3) is 0 Å². The molecule has 0 aliphatic rings. The number of nitrogens with zero attached hydrogens (tertiary/aromatic N) is 1. The summed E-state index contributed by atoms with van der Waals surface area (Å²) in [6.07, 6.45) is 0.816. The van der Waals surface area contributed by atoms with E-state index in [-0.39, 0.29) is 30.5 Å². The molecule has 0 bridgehead atoms. The second kappa shape index (κ2) is 5.98. The van der Waals surface area contributed by atoms with E-state index in [9.17, 15) is 5.11 Å². The van der Waals surface area contributed by atoms with Crippen molar-refractivity contribution in [2.75, 3.05) is 6.54 Å². The number of hydrogen-bond acceptors (Lipinski definition) is 3. The molecule has 4 nitrogen and oxygen atoms in total. The average Bonchev–Trinajstić information content (AvgIpc) is 2.51. The zero-order valence-corrected chi connectivity index (χ0v) is 9.64. The normalized spacial score (nSPS) is 13.5. The van der Waals surface area contributed by atoms with Crippen molar-refractivity contribution in [3.63, 3.8) is 0 Å². The number of amidine groups is 1. The monoisotopic (exact) mass is 296 g/mol. The molecule has 0 saturated carbocycles. The fraction of sp³-hybridized carbons (Fsp3) is 0.375. The Bertz CT molecular complexity index is 255. The van der Waals surface area contributed by atoms with Gasteiger partial charge in [-0.05, 0) is 19.1 Å². The SMILES string of the molecule is CC(N)=NCC(O)c1ccco1.I. The Hall–Kier alpha value is -0.560. The van der Waals surface area contributed by atoms with Gasteiger partial charge in [0.05, 0.1) is 18.6 Å². The number of halogens is 1. The lowest BCUT2D eigenvalue weighted by Crippen LogP contribution is -2.09. The summed E-state index contributed by atoms with van der Waals surface area (Å²) in [6, 6.07) is 3.42. The van der Waals surface area contributed by atoms with Crippen LogP contribution in [0.2, 0.25) is 0 Å². The highest BCUT2D eigenvalue weighted by atomic mass is 127. The van der Waals surface area contributed by atoms with E-state index in [2.05, 4.69) is 4.99 Å². The summed E-state index contributed by atoms with van der Waals surface area (Å²) in [6.45, 7) is 1.92. The van der Waals surface area contributed by atoms with E-state index in [0.29, 0.717) is 11.6 Å². The molecule has 1 aromatic rings. The Morgan fingerprint density at radius 3 is 2.92 bits per heavy atom. The summed E-state index contributed by atoms with van der Waals surface area (Å²) in [5.41, 5.74) is 5.30. The minimum Gasteiger partial charge on any atom is -0.467 e. The Kier molecular flexibility index (Phi) is 5.72. The van der Waals surface area contributed by atoms with Gasteiger partial charge >= 0.3 is 0 Å². The van der Waals surface area contributed by atoms with Gasteiger partial charge in [-0.3, -0.25) is 4.99 Å². The summed E-state index contributed by atoms with van der Waals surface area (Å²) < 4.78 is 4.97. The molecule has 3 N–H and O–H groups in total. The van der Waals surface area contributed by atoms with Crippen molar-refractivity contribution in [2.24, 2.45) is 10.7 Å². The van der Waals surface area contributed by atoms with Crippen LogP contribution in [-0.4, -0.2) is 17.5 Å².